The Kier molecular flexibility index (Phi) is 6.26. The van der Waals surface area contributed by atoms with E-state index in [1.54, 1.807) is 0 Å². The average molecular weight is 208 g/mol. The molecule has 0 nitrogen and oxygen atoms in total. The Morgan fingerprint density at radius 2 is 1.80 bits per heavy atom. The van der Waals surface area contributed by atoms with Crippen molar-refractivity contribution in [3.63, 3.8) is 0 Å². The Labute approximate surface area is 87.9 Å². The fraction of sp³-hybridized carbons (Fsp3) is 0.222. The van der Waals surface area contributed by atoms with Crippen LogP contribution in [0.2, 0.25) is 0 Å². The Hall–Kier alpha value is 0.324. The molecule has 0 aliphatic rings. The van der Waals surface area contributed by atoms with Crippen molar-refractivity contribution < 1.29 is 32.7 Å². The van der Waals surface area contributed by atoms with E-state index in [0.717, 1.165) is 6.42 Å². The van der Waals surface area contributed by atoms with Gasteiger partial charge in [0.05, 0.1) is 0 Å². The summed E-state index contributed by atoms with van der Waals surface area (Å²) in [6, 6.07) is 10.5. The molecule has 0 aromatic heterocycles. The molecule has 0 spiro atoms. The van der Waals surface area contributed by atoms with E-state index in [9.17, 15) is 0 Å². The van der Waals surface area contributed by atoms with E-state index in [1.165, 1.54) is 5.56 Å². The van der Waals surface area contributed by atoms with Crippen LogP contribution in [0.5, 0.6) is 0 Å². The maximum absolute atomic E-state index is 2.16. The van der Waals surface area contributed by atoms with Gasteiger partial charge >= 0.3 is 32.7 Å². The molecule has 1 heteroatoms. The Balaban J connectivity index is 0.000000810. The maximum atomic E-state index is 2.16. The van der Waals surface area contributed by atoms with Crippen molar-refractivity contribution in [2.75, 3.05) is 0 Å². The van der Waals surface area contributed by atoms with Crippen LogP contribution in [0.1, 0.15) is 12.5 Å². The van der Waals surface area contributed by atoms with Crippen LogP contribution in [-0.4, -0.2) is 0 Å². The second kappa shape index (κ2) is 6.06. The summed E-state index contributed by atoms with van der Waals surface area (Å²) in [5.74, 6) is 0. The summed E-state index contributed by atoms with van der Waals surface area (Å²) in [7, 11) is 0. The monoisotopic (exact) mass is 208 g/mol. The van der Waals surface area contributed by atoms with Gasteiger partial charge in [0, 0.05) is 0 Å². The zero-order valence-electron chi connectivity index (χ0n) is 6.25. The summed E-state index contributed by atoms with van der Waals surface area (Å²) in [5, 5.41) is 0. The minimum Gasteiger partial charge on any atom is -0.327 e. The zero-order chi connectivity index (χ0) is 6.53. The first kappa shape index (κ1) is 10.3. The predicted molar refractivity (Wildman–Crippen MR) is 40.1 cm³/mol. The minimum atomic E-state index is 0. The van der Waals surface area contributed by atoms with Crippen molar-refractivity contribution in [1.29, 1.82) is 0 Å². The molecule has 1 aromatic rings. The first-order valence-electron chi connectivity index (χ1n) is 3.25. The zero-order valence-corrected chi connectivity index (χ0v) is 9.09. The average Bonchev–Trinajstić information content (AvgIpc) is 1.91. The molecular formula is C9H11Y+2. The van der Waals surface area contributed by atoms with Gasteiger partial charge in [-0.05, 0) is 0 Å². The molecule has 48 valence electrons. The van der Waals surface area contributed by atoms with E-state index < -0.39 is 0 Å². The van der Waals surface area contributed by atoms with Crippen LogP contribution in [0.3, 0.4) is 0 Å². The minimum absolute atomic E-state index is 0. The normalized spacial score (nSPS) is 8.50. The molecule has 0 amide bonds. The molecule has 0 bridgehead atoms. The molecule has 0 N–H and O–H groups in total. The van der Waals surface area contributed by atoms with E-state index in [-0.39, 0.29) is 32.7 Å². The van der Waals surface area contributed by atoms with Crippen LogP contribution in [0.4, 0.5) is 0 Å². The molecule has 0 radical (unpaired) electrons. The third-order valence-corrected chi connectivity index (χ3v) is 1.28. The molecule has 0 atom stereocenters. The second-order valence-corrected chi connectivity index (χ2v) is 2.10. The molecule has 10 heavy (non-hydrogen) atoms. The summed E-state index contributed by atoms with van der Waals surface area (Å²) in [6.45, 7) is 2.08. The van der Waals surface area contributed by atoms with Crippen molar-refractivity contribution in [3.05, 3.63) is 42.3 Å². The quantitative estimate of drug-likeness (QED) is 0.655. The van der Waals surface area contributed by atoms with E-state index in [2.05, 4.69) is 37.6 Å². The van der Waals surface area contributed by atoms with Gasteiger partial charge in [-0.15, -0.1) is 0 Å². The van der Waals surface area contributed by atoms with E-state index in [0.29, 0.717) is 0 Å². The first-order valence-corrected chi connectivity index (χ1v) is 3.25. The van der Waals surface area contributed by atoms with Gasteiger partial charge in [0.15, 0.2) is 0 Å². The number of hydrogen-bond donors (Lipinski definition) is 0. The standard InChI is InChI=1S/C9H11.Y/c1-2-6-9-7-4-3-5-8-9;/h2-5,7-8H,6H2,1H3;/q-1;+3. The van der Waals surface area contributed by atoms with Crippen molar-refractivity contribution in [2.24, 2.45) is 0 Å². The van der Waals surface area contributed by atoms with Crippen LogP contribution >= 0.6 is 0 Å². The Morgan fingerprint density at radius 1 is 1.20 bits per heavy atom. The molecule has 0 unspecified atom stereocenters. The second-order valence-electron chi connectivity index (χ2n) is 2.10. The number of rotatable bonds is 2. The molecular weight excluding hydrogens is 197 g/mol. The molecule has 0 aliphatic heterocycles. The summed E-state index contributed by atoms with van der Waals surface area (Å²) in [6.07, 6.45) is 3.25. The van der Waals surface area contributed by atoms with Crippen molar-refractivity contribution >= 4 is 0 Å². The molecule has 0 saturated heterocycles. The Morgan fingerprint density at radius 3 is 2.30 bits per heavy atom. The fourth-order valence-electron chi connectivity index (χ4n) is 0.850. The van der Waals surface area contributed by atoms with Crippen molar-refractivity contribution in [3.8, 4) is 0 Å². The Bertz CT molecular complexity index is 158. The van der Waals surface area contributed by atoms with Crippen LogP contribution in [0, 0.1) is 6.42 Å². The van der Waals surface area contributed by atoms with E-state index in [1.807, 2.05) is 6.07 Å². The topological polar surface area (TPSA) is 0 Å². The molecule has 1 rings (SSSR count). The molecule has 1 aromatic carbocycles. The van der Waals surface area contributed by atoms with Gasteiger partial charge in [0.25, 0.3) is 0 Å². The van der Waals surface area contributed by atoms with Crippen molar-refractivity contribution in [1.82, 2.24) is 0 Å². The van der Waals surface area contributed by atoms with E-state index in [4.69, 9.17) is 0 Å². The summed E-state index contributed by atoms with van der Waals surface area (Å²) in [5.41, 5.74) is 1.39. The van der Waals surface area contributed by atoms with E-state index >= 15 is 0 Å². The van der Waals surface area contributed by atoms with Crippen LogP contribution in [0.25, 0.3) is 0 Å². The maximum Gasteiger partial charge on any atom is 3.00 e. The molecule has 0 heterocycles. The molecule has 0 fully saturated rings. The third-order valence-electron chi connectivity index (χ3n) is 1.28. The van der Waals surface area contributed by atoms with Crippen LogP contribution in [-0.2, 0) is 39.1 Å². The van der Waals surface area contributed by atoms with Crippen LogP contribution < -0.4 is 0 Å². The predicted octanol–water partition coefficient (Wildman–Crippen LogP) is 2.45. The van der Waals surface area contributed by atoms with Gasteiger partial charge in [0.2, 0.25) is 0 Å². The van der Waals surface area contributed by atoms with Crippen LogP contribution in [0.15, 0.2) is 30.3 Å². The van der Waals surface area contributed by atoms with Gasteiger partial charge < -0.3 is 6.42 Å². The summed E-state index contributed by atoms with van der Waals surface area (Å²) >= 11 is 0. The SMILES string of the molecule is C[CH-]Cc1ccccc1.[Y+3]. The van der Waals surface area contributed by atoms with Gasteiger partial charge in [-0.25, -0.2) is 0 Å². The third kappa shape index (κ3) is 3.48. The summed E-state index contributed by atoms with van der Waals surface area (Å²) < 4.78 is 0. The van der Waals surface area contributed by atoms with Gasteiger partial charge in [-0.1, -0.05) is 35.9 Å². The van der Waals surface area contributed by atoms with Crippen molar-refractivity contribution in [2.45, 2.75) is 13.3 Å². The number of hydrogen-bond acceptors (Lipinski definition) is 0. The smallest absolute Gasteiger partial charge is 0.327 e. The number of benzene rings is 1. The molecule has 0 saturated carbocycles. The van der Waals surface area contributed by atoms with Gasteiger partial charge in [-0.2, -0.15) is 13.3 Å². The summed E-state index contributed by atoms with van der Waals surface area (Å²) in [4.78, 5) is 0. The fourth-order valence-corrected chi connectivity index (χ4v) is 0.850. The largest absolute Gasteiger partial charge is 3.00 e. The van der Waals surface area contributed by atoms with Gasteiger partial charge in [-0.3, -0.25) is 0 Å². The molecule has 0 aliphatic carbocycles. The van der Waals surface area contributed by atoms with Gasteiger partial charge in [0.1, 0.15) is 0 Å². The first-order chi connectivity index (χ1) is 4.43.